The van der Waals surface area contributed by atoms with E-state index in [0.717, 1.165) is 12.8 Å². The zero-order valence-corrected chi connectivity index (χ0v) is 23.4. The highest BCUT2D eigenvalue weighted by atomic mass is 16.6. The van der Waals surface area contributed by atoms with Crippen LogP contribution in [0.15, 0.2) is 18.5 Å². The zero-order chi connectivity index (χ0) is 27.5. The molecule has 0 radical (unpaired) electrons. The topological polar surface area (TPSA) is 124 Å². The van der Waals surface area contributed by atoms with Crippen molar-refractivity contribution in [3.05, 3.63) is 24.0 Å². The van der Waals surface area contributed by atoms with Crippen LogP contribution >= 0.6 is 0 Å². The molecule has 0 spiro atoms. The smallest absolute Gasteiger partial charge is 0.308 e. The lowest BCUT2D eigenvalue weighted by molar-refractivity contribution is -0.155. The van der Waals surface area contributed by atoms with Gasteiger partial charge in [-0.25, -0.2) is 0 Å². The molecule has 0 aromatic carbocycles. The number of nitrogens with two attached hydrogens (primary N) is 1. The van der Waals surface area contributed by atoms with Gasteiger partial charge >= 0.3 is 5.97 Å². The van der Waals surface area contributed by atoms with Crippen LogP contribution in [0.4, 0.5) is 0 Å². The van der Waals surface area contributed by atoms with Crippen molar-refractivity contribution in [1.82, 2.24) is 15.2 Å². The minimum absolute atomic E-state index is 0.0399. The maximum absolute atomic E-state index is 13.4. The first kappa shape index (κ1) is 29.9. The van der Waals surface area contributed by atoms with Crippen molar-refractivity contribution >= 4 is 17.8 Å². The lowest BCUT2D eigenvalue weighted by atomic mass is 9.86. The summed E-state index contributed by atoms with van der Waals surface area (Å²) in [4.78, 5) is 45.2. The van der Waals surface area contributed by atoms with Gasteiger partial charge in [-0.3, -0.25) is 19.4 Å². The summed E-state index contributed by atoms with van der Waals surface area (Å²) >= 11 is 0. The quantitative estimate of drug-likeness (QED) is 0.416. The van der Waals surface area contributed by atoms with Crippen LogP contribution in [-0.2, 0) is 19.1 Å². The summed E-state index contributed by atoms with van der Waals surface area (Å²) in [5.41, 5.74) is 5.55. The predicted molar refractivity (Wildman–Crippen MR) is 145 cm³/mol. The Balaban J connectivity index is 1.64. The number of aromatic nitrogens is 1. The molecule has 1 aliphatic carbocycles. The van der Waals surface area contributed by atoms with Crippen LogP contribution in [-0.4, -0.2) is 59.5 Å². The molecule has 0 unspecified atom stereocenters. The van der Waals surface area contributed by atoms with E-state index in [2.05, 4.69) is 10.3 Å². The Morgan fingerprint density at radius 3 is 2.61 bits per heavy atom. The second-order valence-corrected chi connectivity index (χ2v) is 11.7. The van der Waals surface area contributed by atoms with Crippen molar-refractivity contribution in [2.24, 2.45) is 17.6 Å². The highest BCUT2D eigenvalue weighted by Crippen LogP contribution is 2.29. The van der Waals surface area contributed by atoms with Gasteiger partial charge in [0.1, 0.15) is 18.0 Å². The number of likely N-dealkylation sites (tertiary alicyclic amines) is 1. The highest BCUT2D eigenvalue weighted by molar-refractivity contribution is 5.82. The molecule has 1 aromatic rings. The van der Waals surface area contributed by atoms with E-state index < -0.39 is 17.6 Å². The van der Waals surface area contributed by atoms with E-state index in [4.69, 9.17) is 15.2 Å². The third-order valence-electron chi connectivity index (χ3n) is 7.27. The number of nitrogens with one attached hydrogen (secondary N) is 1. The normalized spacial score (nSPS) is 19.5. The molecule has 1 saturated heterocycles. The molecule has 9 heteroatoms. The van der Waals surface area contributed by atoms with Crippen LogP contribution in [0.1, 0.15) is 96.6 Å². The average Bonchev–Trinajstić information content (AvgIpc) is 2.90. The molecular weight excluding hydrogens is 484 g/mol. The Hall–Kier alpha value is -2.68. The minimum Gasteiger partial charge on any atom is -0.491 e. The highest BCUT2D eigenvalue weighted by Gasteiger charge is 2.31. The second-order valence-electron chi connectivity index (χ2n) is 11.7. The molecule has 212 valence electrons. The Morgan fingerprint density at radius 2 is 1.89 bits per heavy atom. The third kappa shape index (κ3) is 9.89. The van der Waals surface area contributed by atoms with Gasteiger partial charge in [0.2, 0.25) is 11.8 Å². The summed E-state index contributed by atoms with van der Waals surface area (Å²) in [6.45, 7) is 7.22. The number of piperidine rings is 1. The summed E-state index contributed by atoms with van der Waals surface area (Å²) in [7, 11) is 0. The Bertz CT molecular complexity index is 926. The lowest BCUT2D eigenvalue weighted by Crippen LogP contribution is -2.46. The monoisotopic (exact) mass is 530 g/mol. The Labute approximate surface area is 227 Å². The number of nitrogens with zero attached hydrogens (tertiary/aromatic N) is 2. The van der Waals surface area contributed by atoms with Crippen molar-refractivity contribution in [2.75, 3.05) is 26.2 Å². The van der Waals surface area contributed by atoms with Crippen molar-refractivity contribution in [1.29, 1.82) is 0 Å². The molecule has 1 aliphatic heterocycles. The fourth-order valence-electron chi connectivity index (χ4n) is 5.35. The van der Waals surface area contributed by atoms with Gasteiger partial charge in [-0.05, 0) is 57.6 Å². The Morgan fingerprint density at radius 1 is 1.13 bits per heavy atom. The number of ether oxygens (including phenoxy) is 2. The van der Waals surface area contributed by atoms with Crippen molar-refractivity contribution in [2.45, 2.75) is 96.6 Å². The molecule has 2 aliphatic rings. The first-order valence-corrected chi connectivity index (χ1v) is 14.2. The molecule has 2 atom stereocenters. The van der Waals surface area contributed by atoms with E-state index in [9.17, 15) is 14.4 Å². The molecule has 1 aromatic heterocycles. The summed E-state index contributed by atoms with van der Waals surface area (Å²) in [6.07, 6.45) is 12.4. The molecular formula is C29H46N4O5. The van der Waals surface area contributed by atoms with Crippen LogP contribution in [0, 0.1) is 11.8 Å². The maximum Gasteiger partial charge on any atom is 0.308 e. The number of pyridine rings is 1. The first-order chi connectivity index (χ1) is 18.1. The van der Waals surface area contributed by atoms with Crippen molar-refractivity contribution < 1.29 is 23.9 Å². The zero-order valence-electron chi connectivity index (χ0n) is 23.4. The number of carbonyl (C=O) groups is 3. The first-order valence-electron chi connectivity index (χ1n) is 14.2. The van der Waals surface area contributed by atoms with E-state index in [1.165, 1.54) is 32.1 Å². The summed E-state index contributed by atoms with van der Waals surface area (Å²) in [6, 6.07) is 1.13. The minimum atomic E-state index is -0.641. The summed E-state index contributed by atoms with van der Waals surface area (Å²) in [5.74, 6) is 0.406. The van der Waals surface area contributed by atoms with E-state index in [1.807, 2.05) is 25.7 Å². The summed E-state index contributed by atoms with van der Waals surface area (Å²) in [5, 5.41) is 3.05. The fourth-order valence-corrected chi connectivity index (χ4v) is 5.35. The number of esters is 1. The van der Waals surface area contributed by atoms with Gasteiger partial charge in [0.15, 0.2) is 0 Å². The number of rotatable bonds is 11. The van der Waals surface area contributed by atoms with Crippen molar-refractivity contribution in [3.8, 4) is 5.75 Å². The van der Waals surface area contributed by atoms with Gasteiger partial charge < -0.3 is 25.4 Å². The van der Waals surface area contributed by atoms with Gasteiger partial charge in [0, 0.05) is 32.3 Å². The Kier molecular flexibility index (Phi) is 11.4. The molecule has 9 nitrogen and oxygen atoms in total. The molecule has 2 amide bonds. The molecule has 3 N–H and O–H groups in total. The van der Waals surface area contributed by atoms with Gasteiger partial charge in [0.05, 0.1) is 24.6 Å². The standard InChI is InChI=1S/C29H46N4O5/c1-29(2,3)38-27(35)17-25(23-16-24(19-31-18-23)37-15-13-30)32-28(36)22-10-7-14-33(20-22)26(34)12-11-21-8-5-4-6-9-21/h16,18-19,21-22,25H,4-15,17,20,30H2,1-3H3,(H,32,36)/t22-,25+/m1/s1. The van der Waals surface area contributed by atoms with E-state index in [0.29, 0.717) is 56.3 Å². The molecule has 2 heterocycles. The number of amides is 2. The van der Waals surface area contributed by atoms with E-state index in [-0.39, 0.29) is 24.2 Å². The van der Waals surface area contributed by atoms with Crippen LogP contribution in [0.25, 0.3) is 0 Å². The van der Waals surface area contributed by atoms with Crippen LogP contribution < -0.4 is 15.8 Å². The predicted octanol–water partition coefficient (Wildman–Crippen LogP) is 3.91. The van der Waals surface area contributed by atoms with Gasteiger partial charge in [-0.1, -0.05) is 32.1 Å². The third-order valence-corrected chi connectivity index (χ3v) is 7.27. The molecule has 38 heavy (non-hydrogen) atoms. The number of hydrogen-bond acceptors (Lipinski definition) is 7. The van der Waals surface area contributed by atoms with E-state index in [1.54, 1.807) is 18.5 Å². The van der Waals surface area contributed by atoms with Crippen LogP contribution in [0.5, 0.6) is 5.75 Å². The number of carbonyl (C=O) groups excluding carboxylic acids is 3. The maximum atomic E-state index is 13.4. The fraction of sp³-hybridized carbons (Fsp3) is 0.724. The van der Waals surface area contributed by atoms with Gasteiger partial charge in [0.25, 0.3) is 0 Å². The molecule has 1 saturated carbocycles. The average molecular weight is 531 g/mol. The summed E-state index contributed by atoms with van der Waals surface area (Å²) < 4.78 is 11.1. The SMILES string of the molecule is CC(C)(C)OC(=O)C[C@H](NC(=O)[C@@H]1CCCN(C(=O)CCC2CCCCC2)C1)c1cncc(OCCN)c1. The number of hydrogen-bond donors (Lipinski definition) is 2. The molecule has 0 bridgehead atoms. The molecule has 2 fully saturated rings. The van der Waals surface area contributed by atoms with Crippen LogP contribution in [0.2, 0.25) is 0 Å². The van der Waals surface area contributed by atoms with Gasteiger partial charge in [-0.2, -0.15) is 0 Å². The van der Waals surface area contributed by atoms with Gasteiger partial charge in [-0.15, -0.1) is 0 Å². The lowest BCUT2D eigenvalue weighted by Gasteiger charge is -2.33. The second kappa shape index (κ2) is 14.5. The van der Waals surface area contributed by atoms with Crippen LogP contribution in [0.3, 0.4) is 0 Å². The molecule has 3 rings (SSSR count). The largest absolute Gasteiger partial charge is 0.491 e. The van der Waals surface area contributed by atoms with Crippen molar-refractivity contribution in [3.63, 3.8) is 0 Å². The van der Waals surface area contributed by atoms with E-state index >= 15 is 0 Å².